The van der Waals surface area contributed by atoms with Crippen molar-refractivity contribution in [1.82, 2.24) is 19.4 Å². The summed E-state index contributed by atoms with van der Waals surface area (Å²) in [4.78, 5) is 31.6. The summed E-state index contributed by atoms with van der Waals surface area (Å²) in [6, 6.07) is 24.9. The van der Waals surface area contributed by atoms with Gasteiger partial charge in [-0.2, -0.15) is 0 Å². The lowest BCUT2D eigenvalue weighted by atomic mass is 10.2. The zero-order chi connectivity index (χ0) is 27.4. The molecule has 0 saturated heterocycles. The summed E-state index contributed by atoms with van der Waals surface area (Å²) < 4.78 is 10.1. The van der Waals surface area contributed by atoms with E-state index in [1.54, 1.807) is 9.13 Å². The Kier molecular flexibility index (Phi) is 8.25. The topological polar surface area (TPSA) is 78.1 Å². The predicted octanol–water partition coefficient (Wildman–Crippen LogP) is 6.08. The van der Waals surface area contributed by atoms with Crippen LogP contribution in [0.4, 0.5) is 0 Å². The molecule has 0 atom stereocenters. The van der Waals surface area contributed by atoms with Crippen LogP contribution in [0, 0.1) is 10.9 Å². The maximum Gasteiger partial charge on any atom is 0.278 e. The number of thiazole rings is 1. The lowest BCUT2D eigenvalue weighted by Crippen LogP contribution is -2.26. The molecule has 0 unspecified atom stereocenters. The minimum absolute atomic E-state index is 0.0943. The number of aromatic nitrogens is 3. The fraction of sp³-hybridized carbons (Fsp3) is 0.172. The molecule has 5 aromatic rings. The van der Waals surface area contributed by atoms with E-state index in [0.717, 1.165) is 11.1 Å². The highest BCUT2D eigenvalue weighted by Gasteiger charge is 2.21. The molecule has 1 N–H and O–H groups in total. The van der Waals surface area contributed by atoms with Gasteiger partial charge in [-0.1, -0.05) is 83.3 Å². The van der Waals surface area contributed by atoms with Gasteiger partial charge in [-0.3, -0.25) is 18.7 Å². The van der Waals surface area contributed by atoms with Crippen LogP contribution in [0.25, 0.3) is 21.7 Å². The SMILES string of the molecule is CCOc1ccccc1-n1c(=S)sc2c(=O)n(-c3ccc(C)cc3)c(SCC(=O)NCc3ccccc3)nc21. The Hall–Kier alpha value is -3.73. The van der Waals surface area contributed by atoms with Gasteiger partial charge in [0.25, 0.3) is 5.56 Å². The number of nitrogens with one attached hydrogen (secondary N) is 1. The number of ether oxygens (including phenoxy) is 1. The van der Waals surface area contributed by atoms with Gasteiger partial charge < -0.3 is 10.1 Å². The summed E-state index contributed by atoms with van der Waals surface area (Å²) in [6.07, 6.45) is 0. The maximum absolute atomic E-state index is 13.9. The Bertz CT molecular complexity index is 1740. The molecule has 3 aromatic carbocycles. The molecular formula is C29H26N4O3S3. The number of rotatable bonds is 9. The van der Waals surface area contributed by atoms with Crippen LogP contribution in [-0.2, 0) is 11.3 Å². The summed E-state index contributed by atoms with van der Waals surface area (Å²) in [5.74, 6) is 0.587. The first-order valence-electron chi connectivity index (χ1n) is 12.4. The van der Waals surface area contributed by atoms with Crippen LogP contribution >= 0.6 is 35.3 Å². The second kappa shape index (κ2) is 12.0. The molecule has 0 aliphatic heterocycles. The molecule has 0 aliphatic carbocycles. The largest absolute Gasteiger partial charge is 0.492 e. The van der Waals surface area contributed by atoms with Crippen LogP contribution in [0.1, 0.15) is 18.1 Å². The Morgan fingerprint density at radius 2 is 1.74 bits per heavy atom. The summed E-state index contributed by atoms with van der Waals surface area (Å²) in [5, 5.41) is 3.34. The highest BCUT2D eigenvalue weighted by Crippen LogP contribution is 2.31. The number of benzene rings is 3. The molecule has 198 valence electrons. The smallest absolute Gasteiger partial charge is 0.278 e. The Morgan fingerprint density at radius 1 is 1.03 bits per heavy atom. The van der Waals surface area contributed by atoms with Crippen LogP contribution in [0.3, 0.4) is 0 Å². The van der Waals surface area contributed by atoms with E-state index in [0.29, 0.717) is 49.7 Å². The second-order valence-electron chi connectivity index (χ2n) is 8.68. The molecule has 0 saturated carbocycles. The van der Waals surface area contributed by atoms with Crippen molar-refractivity contribution in [1.29, 1.82) is 0 Å². The van der Waals surface area contributed by atoms with E-state index in [-0.39, 0.29) is 17.2 Å². The number of amides is 1. The van der Waals surface area contributed by atoms with Crippen molar-refractivity contribution in [2.45, 2.75) is 25.5 Å². The molecule has 0 radical (unpaired) electrons. The van der Waals surface area contributed by atoms with Crippen molar-refractivity contribution in [2.24, 2.45) is 0 Å². The molecule has 2 heterocycles. The van der Waals surface area contributed by atoms with Gasteiger partial charge in [-0.05, 0) is 55.9 Å². The Labute approximate surface area is 239 Å². The van der Waals surface area contributed by atoms with Crippen molar-refractivity contribution < 1.29 is 9.53 Å². The number of hydrogen-bond donors (Lipinski definition) is 1. The highest BCUT2D eigenvalue weighted by molar-refractivity contribution is 7.99. The molecule has 0 fully saturated rings. The van der Waals surface area contributed by atoms with E-state index in [1.165, 1.54) is 23.1 Å². The van der Waals surface area contributed by atoms with E-state index in [9.17, 15) is 9.59 Å². The molecule has 2 aromatic heterocycles. The quantitative estimate of drug-likeness (QED) is 0.131. The molecule has 39 heavy (non-hydrogen) atoms. The van der Waals surface area contributed by atoms with Crippen molar-refractivity contribution in [3.8, 4) is 17.1 Å². The molecule has 0 bridgehead atoms. The summed E-state index contributed by atoms with van der Waals surface area (Å²) in [7, 11) is 0. The molecule has 5 rings (SSSR count). The van der Waals surface area contributed by atoms with Crippen LogP contribution in [0.2, 0.25) is 0 Å². The van der Waals surface area contributed by atoms with Crippen LogP contribution in [0.5, 0.6) is 5.75 Å². The van der Waals surface area contributed by atoms with Crippen LogP contribution in [0.15, 0.2) is 88.8 Å². The number of para-hydroxylation sites is 2. The van der Waals surface area contributed by atoms with E-state index in [4.69, 9.17) is 21.9 Å². The van der Waals surface area contributed by atoms with Gasteiger partial charge in [0.15, 0.2) is 14.8 Å². The minimum atomic E-state index is -0.236. The lowest BCUT2D eigenvalue weighted by molar-refractivity contribution is -0.118. The molecule has 1 amide bonds. The summed E-state index contributed by atoms with van der Waals surface area (Å²) >= 11 is 8.14. The average molecular weight is 575 g/mol. The zero-order valence-corrected chi connectivity index (χ0v) is 23.9. The van der Waals surface area contributed by atoms with Gasteiger partial charge in [0.2, 0.25) is 5.91 Å². The van der Waals surface area contributed by atoms with Crippen molar-refractivity contribution in [2.75, 3.05) is 12.4 Å². The van der Waals surface area contributed by atoms with Gasteiger partial charge in [0, 0.05) is 6.54 Å². The first-order chi connectivity index (χ1) is 19.0. The molecule has 0 spiro atoms. The number of carbonyl (C=O) groups excluding carboxylic acids is 1. The third-order valence-electron chi connectivity index (χ3n) is 5.94. The number of thioether (sulfide) groups is 1. The normalized spacial score (nSPS) is 11.0. The van der Waals surface area contributed by atoms with Gasteiger partial charge >= 0.3 is 0 Å². The third kappa shape index (κ3) is 5.83. The van der Waals surface area contributed by atoms with Gasteiger partial charge in [0.05, 0.1) is 23.7 Å². The van der Waals surface area contributed by atoms with Crippen LogP contribution < -0.4 is 15.6 Å². The molecule has 7 nitrogen and oxygen atoms in total. The Balaban J connectivity index is 1.58. The Morgan fingerprint density at radius 3 is 2.49 bits per heavy atom. The van der Waals surface area contributed by atoms with Crippen molar-refractivity contribution in [3.05, 3.63) is 104 Å². The second-order valence-corrected chi connectivity index (χ2v) is 11.3. The zero-order valence-electron chi connectivity index (χ0n) is 21.4. The van der Waals surface area contributed by atoms with Gasteiger partial charge in [-0.25, -0.2) is 4.98 Å². The van der Waals surface area contributed by atoms with Gasteiger partial charge in [-0.15, -0.1) is 0 Å². The maximum atomic E-state index is 13.9. The van der Waals surface area contributed by atoms with Crippen LogP contribution in [-0.4, -0.2) is 32.4 Å². The fourth-order valence-corrected chi connectivity index (χ4v) is 6.19. The number of nitrogens with zero attached hydrogens (tertiary/aromatic N) is 3. The number of carbonyl (C=O) groups is 1. The van der Waals surface area contributed by atoms with E-state index in [2.05, 4.69) is 5.32 Å². The third-order valence-corrected chi connectivity index (χ3v) is 8.23. The molecule has 0 aliphatic rings. The monoisotopic (exact) mass is 574 g/mol. The van der Waals surface area contributed by atoms with Gasteiger partial charge in [0.1, 0.15) is 10.4 Å². The highest BCUT2D eigenvalue weighted by atomic mass is 32.2. The first-order valence-corrected chi connectivity index (χ1v) is 14.6. The first kappa shape index (κ1) is 26.9. The summed E-state index contributed by atoms with van der Waals surface area (Å²) in [5.41, 5.74) is 3.68. The standard InChI is InChI=1S/C29H26N4O3S3/c1-3-36-23-12-8-7-11-22(23)33-26-25(39-29(33)37)27(35)32(21-15-13-19(2)14-16-21)28(31-26)38-18-24(34)30-17-20-9-5-4-6-10-20/h4-16H,3,17-18H2,1-2H3,(H,30,34). The number of aryl methyl sites for hydroxylation is 1. The van der Waals surface area contributed by atoms with E-state index >= 15 is 0 Å². The number of fused-ring (bicyclic) bond motifs is 1. The predicted molar refractivity (Wildman–Crippen MR) is 160 cm³/mol. The summed E-state index contributed by atoms with van der Waals surface area (Å²) in [6.45, 7) is 4.81. The minimum Gasteiger partial charge on any atom is -0.492 e. The molecular weight excluding hydrogens is 549 g/mol. The lowest BCUT2D eigenvalue weighted by Gasteiger charge is -2.14. The fourth-order valence-electron chi connectivity index (χ4n) is 4.06. The van der Waals surface area contributed by atoms with E-state index in [1.807, 2.05) is 92.7 Å². The van der Waals surface area contributed by atoms with Crippen molar-refractivity contribution in [3.63, 3.8) is 0 Å². The van der Waals surface area contributed by atoms with E-state index < -0.39 is 0 Å². The number of hydrogen-bond acceptors (Lipinski definition) is 7. The molecule has 10 heteroatoms. The average Bonchev–Trinajstić information content (AvgIpc) is 3.28. The van der Waals surface area contributed by atoms with Crippen molar-refractivity contribution >= 4 is 51.6 Å².